The fraction of sp³-hybridized carbons (Fsp3) is 0.0625. The van der Waals surface area contributed by atoms with Crippen molar-refractivity contribution >= 4 is 16.6 Å². The van der Waals surface area contributed by atoms with E-state index in [-0.39, 0.29) is 6.54 Å². The van der Waals surface area contributed by atoms with E-state index < -0.39 is 11.6 Å². The van der Waals surface area contributed by atoms with Crippen LogP contribution in [0.4, 0.5) is 14.5 Å². The van der Waals surface area contributed by atoms with Gasteiger partial charge in [-0.1, -0.05) is 6.07 Å². The number of benzene rings is 2. The van der Waals surface area contributed by atoms with E-state index in [2.05, 4.69) is 10.3 Å². The Morgan fingerprint density at radius 1 is 1.00 bits per heavy atom. The van der Waals surface area contributed by atoms with Crippen LogP contribution in [0, 0.1) is 11.6 Å². The minimum absolute atomic E-state index is 0.220. The Bertz CT molecular complexity index is 751. The molecule has 0 aliphatic rings. The van der Waals surface area contributed by atoms with Crippen molar-refractivity contribution in [3.63, 3.8) is 0 Å². The van der Waals surface area contributed by atoms with Crippen molar-refractivity contribution in [1.29, 1.82) is 0 Å². The molecule has 3 aromatic rings. The molecule has 0 fully saturated rings. The number of fused-ring (bicyclic) bond motifs is 1. The summed E-state index contributed by atoms with van der Waals surface area (Å²) in [5, 5.41) is 4.08. The van der Waals surface area contributed by atoms with E-state index in [9.17, 15) is 8.78 Å². The normalized spacial score (nSPS) is 10.7. The molecule has 0 aliphatic carbocycles. The molecule has 0 unspecified atom stereocenters. The summed E-state index contributed by atoms with van der Waals surface area (Å²) in [5.74, 6) is -0.861. The molecule has 2 nitrogen and oxygen atoms in total. The zero-order valence-electron chi connectivity index (χ0n) is 10.6. The van der Waals surface area contributed by atoms with Gasteiger partial charge in [0.15, 0.2) is 0 Å². The summed E-state index contributed by atoms with van der Waals surface area (Å²) < 4.78 is 26.7. The topological polar surface area (TPSA) is 24.9 Å². The van der Waals surface area contributed by atoms with E-state index in [1.165, 1.54) is 6.07 Å². The second-order valence-corrected chi connectivity index (χ2v) is 4.46. The number of rotatable bonds is 3. The highest BCUT2D eigenvalue weighted by Crippen LogP contribution is 2.22. The maximum Gasteiger partial charge on any atom is 0.128 e. The zero-order chi connectivity index (χ0) is 13.9. The summed E-state index contributed by atoms with van der Waals surface area (Å²) in [6.45, 7) is 0.220. The highest BCUT2D eigenvalue weighted by molar-refractivity contribution is 5.91. The first kappa shape index (κ1) is 12.5. The molecule has 2 aromatic carbocycles. The Kier molecular flexibility index (Phi) is 3.29. The van der Waals surface area contributed by atoms with E-state index in [4.69, 9.17) is 0 Å². The standard InChI is InChI=1S/C16H12F2N2/c17-12-6-7-14(18)11(9-12)10-20-16-5-1-4-15-13(16)3-2-8-19-15/h1-9,20H,10H2. The lowest BCUT2D eigenvalue weighted by molar-refractivity contribution is 0.587. The first-order valence-corrected chi connectivity index (χ1v) is 6.25. The molecule has 1 N–H and O–H groups in total. The lowest BCUT2D eigenvalue weighted by Crippen LogP contribution is -2.03. The number of nitrogens with one attached hydrogen (secondary N) is 1. The Morgan fingerprint density at radius 2 is 1.90 bits per heavy atom. The van der Waals surface area contributed by atoms with Crippen LogP contribution in [0.2, 0.25) is 0 Å². The highest BCUT2D eigenvalue weighted by Gasteiger charge is 2.05. The van der Waals surface area contributed by atoms with Gasteiger partial charge >= 0.3 is 0 Å². The third kappa shape index (κ3) is 2.45. The maximum atomic E-state index is 13.6. The first-order valence-electron chi connectivity index (χ1n) is 6.25. The first-order chi connectivity index (χ1) is 9.74. The number of anilines is 1. The molecule has 0 spiro atoms. The molecule has 20 heavy (non-hydrogen) atoms. The molecular weight excluding hydrogens is 258 g/mol. The SMILES string of the molecule is Fc1ccc(F)c(CNc2cccc3ncccc23)c1. The van der Waals surface area contributed by atoms with Gasteiger partial charge in [-0.05, 0) is 42.5 Å². The average Bonchev–Trinajstić information content (AvgIpc) is 2.48. The Balaban J connectivity index is 1.89. The van der Waals surface area contributed by atoms with Gasteiger partial charge < -0.3 is 5.32 Å². The molecule has 0 amide bonds. The number of hydrogen-bond donors (Lipinski definition) is 1. The second-order valence-electron chi connectivity index (χ2n) is 4.46. The summed E-state index contributed by atoms with van der Waals surface area (Å²) in [4.78, 5) is 4.25. The third-order valence-corrected chi connectivity index (χ3v) is 3.12. The van der Waals surface area contributed by atoms with Crippen molar-refractivity contribution in [1.82, 2.24) is 4.98 Å². The van der Waals surface area contributed by atoms with Gasteiger partial charge in [-0.15, -0.1) is 0 Å². The summed E-state index contributed by atoms with van der Waals surface area (Å²) in [6.07, 6.45) is 1.72. The van der Waals surface area contributed by atoms with Gasteiger partial charge in [0, 0.05) is 29.4 Å². The van der Waals surface area contributed by atoms with Crippen LogP contribution < -0.4 is 5.32 Å². The van der Waals surface area contributed by atoms with Crippen LogP contribution in [0.3, 0.4) is 0 Å². The highest BCUT2D eigenvalue weighted by atomic mass is 19.1. The zero-order valence-corrected chi connectivity index (χ0v) is 10.6. The van der Waals surface area contributed by atoms with Crippen molar-refractivity contribution in [3.05, 3.63) is 71.9 Å². The van der Waals surface area contributed by atoms with Crippen molar-refractivity contribution in [3.8, 4) is 0 Å². The van der Waals surface area contributed by atoms with Crippen LogP contribution in [0.25, 0.3) is 10.9 Å². The van der Waals surface area contributed by atoms with E-state index in [0.717, 1.165) is 28.7 Å². The quantitative estimate of drug-likeness (QED) is 0.774. The molecular formula is C16H12F2N2. The molecule has 1 aromatic heterocycles. The minimum atomic E-state index is -0.442. The monoisotopic (exact) mass is 270 g/mol. The minimum Gasteiger partial charge on any atom is -0.380 e. The van der Waals surface area contributed by atoms with Gasteiger partial charge in [0.05, 0.1) is 5.52 Å². The number of nitrogens with zero attached hydrogens (tertiary/aromatic N) is 1. The molecule has 1 heterocycles. The lowest BCUT2D eigenvalue weighted by atomic mass is 10.1. The average molecular weight is 270 g/mol. The lowest BCUT2D eigenvalue weighted by Gasteiger charge is -2.10. The molecule has 3 rings (SSSR count). The summed E-state index contributed by atoms with van der Waals surface area (Å²) >= 11 is 0. The molecule has 0 bridgehead atoms. The van der Waals surface area contributed by atoms with Crippen LogP contribution in [0.1, 0.15) is 5.56 Å². The smallest absolute Gasteiger partial charge is 0.128 e. The van der Waals surface area contributed by atoms with Crippen LogP contribution in [0.15, 0.2) is 54.7 Å². The Morgan fingerprint density at radius 3 is 2.80 bits per heavy atom. The van der Waals surface area contributed by atoms with Gasteiger partial charge in [0.2, 0.25) is 0 Å². The Hall–Kier alpha value is -2.49. The summed E-state index contributed by atoms with van der Waals surface area (Å²) in [5.41, 5.74) is 2.00. The van der Waals surface area contributed by atoms with Gasteiger partial charge in [-0.3, -0.25) is 4.98 Å². The molecule has 100 valence electrons. The fourth-order valence-electron chi connectivity index (χ4n) is 2.13. The predicted molar refractivity (Wildman–Crippen MR) is 75.4 cm³/mol. The number of hydrogen-bond acceptors (Lipinski definition) is 2. The maximum absolute atomic E-state index is 13.6. The van der Waals surface area contributed by atoms with Gasteiger partial charge in [-0.2, -0.15) is 0 Å². The number of aromatic nitrogens is 1. The Labute approximate surface area is 115 Å². The van der Waals surface area contributed by atoms with Crippen molar-refractivity contribution in [2.24, 2.45) is 0 Å². The van der Waals surface area contributed by atoms with Crippen LogP contribution in [-0.4, -0.2) is 4.98 Å². The van der Waals surface area contributed by atoms with E-state index in [1.807, 2.05) is 30.3 Å². The number of halogens is 2. The molecule has 0 radical (unpaired) electrons. The van der Waals surface area contributed by atoms with E-state index >= 15 is 0 Å². The molecule has 4 heteroatoms. The largest absolute Gasteiger partial charge is 0.380 e. The van der Waals surface area contributed by atoms with E-state index in [1.54, 1.807) is 6.20 Å². The fourth-order valence-corrected chi connectivity index (χ4v) is 2.13. The summed E-state index contributed by atoms with van der Waals surface area (Å²) in [7, 11) is 0. The summed E-state index contributed by atoms with van der Waals surface area (Å²) in [6, 6.07) is 12.9. The molecule has 0 saturated carbocycles. The molecule has 0 aliphatic heterocycles. The van der Waals surface area contributed by atoms with Crippen LogP contribution in [0.5, 0.6) is 0 Å². The van der Waals surface area contributed by atoms with Gasteiger partial charge in [0.1, 0.15) is 11.6 Å². The predicted octanol–water partition coefficient (Wildman–Crippen LogP) is 4.13. The van der Waals surface area contributed by atoms with Crippen LogP contribution in [-0.2, 0) is 6.54 Å². The molecule has 0 atom stereocenters. The number of pyridine rings is 1. The van der Waals surface area contributed by atoms with Gasteiger partial charge in [0.25, 0.3) is 0 Å². The molecule has 0 saturated heterocycles. The second kappa shape index (κ2) is 5.25. The van der Waals surface area contributed by atoms with E-state index in [0.29, 0.717) is 5.56 Å². The van der Waals surface area contributed by atoms with Crippen molar-refractivity contribution in [2.45, 2.75) is 6.54 Å². The van der Waals surface area contributed by atoms with Crippen molar-refractivity contribution < 1.29 is 8.78 Å². The third-order valence-electron chi connectivity index (χ3n) is 3.12. The van der Waals surface area contributed by atoms with Crippen LogP contribution >= 0.6 is 0 Å². The van der Waals surface area contributed by atoms with Gasteiger partial charge in [-0.25, -0.2) is 8.78 Å². The van der Waals surface area contributed by atoms with Crippen molar-refractivity contribution in [2.75, 3.05) is 5.32 Å².